The number of aromatic nitrogens is 3. The van der Waals surface area contributed by atoms with Crippen LogP contribution in [0.2, 0.25) is 0 Å². The van der Waals surface area contributed by atoms with Gasteiger partial charge >= 0.3 is 10.2 Å². The minimum atomic E-state index is -4.14. The molecule has 1 N–H and O–H groups in total. The Hall–Kier alpha value is -3.17. The number of carbonyl (C=O) groups excluding carboxylic acids is 1. The average Bonchev–Trinajstić information content (AvgIpc) is 3.43. The summed E-state index contributed by atoms with van der Waals surface area (Å²) in [5, 5.41) is 5.91. The number of nitrogens with zero attached hydrogens (tertiary/aromatic N) is 6. The fraction of sp³-hybridized carbons (Fsp3) is 0.594. The molecule has 1 aliphatic carbocycles. The molecule has 0 unspecified atom stereocenters. The monoisotopic (exact) mass is 655 g/mol. The molecule has 1 amide bonds. The van der Waals surface area contributed by atoms with Crippen molar-refractivity contribution in [2.45, 2.75) is 62.9 Å². The van der Waals surface area contributed by atoms with E-state index >= 15 is 0 Å². The second kappa shape index (κ2) is 13.1. The zero-order valence-corrected chi connectivity index (χ0v) is 27.1. The van der Waals surface area contributed by atoms with Crippen LogP contribution >= 0.6 is 0 Å². The molecule has 5 heterocycles. The van der Waals surface area contributed by atoms with E-state index in [1.807, 2.05) is 0 Å². The smallest absolute Gasteiger partial charge is 0.304 e. The molecule has 3 aliphatic heterocycles. The van der Waals surface area contributed by atoms with E-state index in [0.717, 1.165) is 88.3 Å². The Kier molecular flexibility index (Phi) is 8.98. The highest BCUT2D eigenvalue weighted by atomic mass is 32.2. The van der Waals surface area contributed by atoms with Crippen LogP contribution in [0.1, 0.15) is 67.0 Å². The van der Waals surface area contributed by atoms with Crippen molar-refractivity contribution < 1.29 is 27.1 Å². The largest absolute Gasteiger partial charge is 0.381 e. The van der Waals surface area contributed by atoms with E-state index in [1.54, 1.807) is 22.9 Å². The molecule has 0 spiro atoms. The maximum absolute atomic E-state index is 13.9. The van der Waals surface area contributed by atoms with E-state index in [9.17, 15) is 17.6 Å². The summed E-state index contributed by atoms with van der Waals surface area (Å²) in [6.45, 7) is 5.87. The molecule has 3 saturated heterocycles. The summed E-state index contributed by atoms with van der Waals surface area (Å²) in [6.07, 6.45) is 6.16. The number of hydrogen-bond acceptors (Lipinski definition) is 9. The first-order chi connectivity index (χ1) is 22.3. The lowest BCUT2D eigenvalue weighted by atomic mass is 9.82. The average molecular weight is 656 g/mol. The summed E-state index contributed by atoms with van der Waals surface area (Å²) >= 11 is 0. The molecule has 4 aliphatic rings. The molecular formula is C32H42FN7O5S. The van der Waals surface area contributed by atoms with Gasteiger partial charge in [0, 0.05) is 64.4 Å². The first-order valence-electron chi connectivity index (χ1n) is 16.4. The fourth-order valence-corrected chi connectivity index (χ4v) is 8.21. The van der Waals surface area contributed by atoms with Crippen LogP contribution < -0.4 is 9.62 Å². The Morgan fingerprint density at radius 3 is 2.28 bits per heavy atom. The predicted molar refractivity (Wildman–Crippen MR) is 171 cm³/mol. The molecule has 2 aromatic heterocycles. The number of benzene rings is 1. The third kappa shape index (κ3) is 6.25. The van der Waals surface area contributed by atoms with E-state index in [4.69, 9.17) is 19.6 Å². The molecule has 0 bridgehead atoms. The van der Waals surface area contributed by atoms with Crippen LogP contribution in [0.15, 0.2) is 30.3 Å². The Labute approximate surface area is 269 Å². The highest BCUT2D eigenvalue weighted by Crippen LogP contribution is 2.43. The lowest BCUT2D eigenvalue weighted by Gasteiger charge is -2.41. The van der Waals surface area contributed by atoms with Gasteiger partial charge in [0.25, 0.3) is 5.91 Å². The third-order valence-corrected chi connectivity index (χ3v) is 11.6. The topological polar surface area (TPSA) is 122 Å². The lowest BCUT2D eigenvalue weighted by Crippen LogP contribution is -2.49. The zero-order valence-electron chi connectivity index (χ0n) is 26.2. The van der Waals surface area contributed by atoms with E-state index in [0.29, 0.717) is 43.4 Å². The van der Waals surface area contributed by atoms with Gasteiger partial charge in [-0.3, -0.25) is 9.69 Å². The summed E-state index contributed by atoms with van der Waals surface area (Å²) in [7, 11) is -2.66. The molecular weight excluding hydrogens is 613 g/mol. The van der Waals surface area contributed by atoms with Crippen molar-refractivity contribution in [1.82, 2.24) is 28.7 Å². The Bertz CT molecular complexity index is 1660. The van der Waals surface area contributed by atoms with Crippen molar-refractivity contribution in [2.75, 3.05) is 64.6 Å². The third-order valence-electron chi connectivity index (χ3n) is 10.1. The number of fused-ring (bicyclic) bond motifs is 1. The standard InChI is InChI=1S/C32H42FN7O5S/c1-37(24-11-17-44-18-12-24)46(42,43)36-32(41)27-21-28(39-13-9-25(10-14-39)38-15-19-45-20-16-38)29-30(22-3-2-4-22)35-40(31(29)34-27)26-7-5-23(33)6-8-26/h5-8,21-22,24-25H,2-4,9-20H2,1H3,(H,36,41). The number of anilines is 1. The highest BCUT2D eigenvalue weighted by molar-refractivity contribution is 7.87. The molecule has 1 aromatic carbocycles. The molecule has 4 fully saturated rings. The maximum Gasteiger partial charge on any atom is 0.304 e. The number of hydrogen-bond donors (Lipinski definition) is 1. The molecule has 7 rings (SSSR count). The fourth-order valence-electron chi connectivity index (χ4n) is 7.12. The van der Waals surface area contributed by atoms with E-state index < -0.39 is 16.1 Å². The Balaban J connectivity index is 1.27. The molecule has 14 heteroatoms. The van der Waals surface area contributed by atoms with Crippen molar-refractivity contribution in [1.29, 1.82) is 0 Å². The highest BCUT2D eigenvalue weighted by Gasteiger charge is 2.34. The molecule has 0 radical (unpaired) electrons. The van der Waals surface area contributed by atoms with Crippen LogP contribution in [0.5, 0.6) is 0 Å². The number of halogens is 1. The van der Waals surface area contributed by atoms with Gasteiger partial charge < -0.3 is 14.4 Å². The first-order valence-corrected chi connectivity index (χ1v) is 17.9. The predicted octanol–water partition coefficient (Wildman–Crippen LogP) is 3.21. The van der Waals surface area contributed by atoms with Crippen molar-refractivity contribution in [3.63, 3.8) is 0 Å². The number of nitrogens with one attached hydrogen (secondary N) is 1. The van der Waals surface area contributed by atoms with Crippen LogP contribution in [0.3, 0.4) is 0 Å². The summed E-state index contributed by atoms with van der Waals surface area (Å²) in [5.74, 6) is -0.915. The van der Waals surface area contributed by atoms with Crippen LogP contribution in [-0.4, -0.2) is 110 Å². The van der Waals surface area contributed by atoms with Crippen LogP contribution in [0.25, 0.3) is 16.7 Å². The molecule has 0 atom stereocenters. The quantitative estimate of drug-likeness (QED) is 0.390. The normalized spacial score (nSPS) is 21.2. The van der Waals surface area contributed by atoms with Crippen LogP contribution in [0.4, 0.5) is 10.1 Å². The van der Waals surface area contributed by atoms with Crippen molar-refractivity contribution in [3.8, 4) is 5.69 Å². The second-order valence-corrected chi connectivity index (χ2v) is 14.5. The van der Waals surface area contributed by atoms with E-state index in [-0.39, 0.29) is 23.5 Å². The summed E-state index contributed by atoms with van der Waals surface area (Å²) in [4.78, 5) is 23.3. The first kappa shape index (κ1) is 31.4. The summed E-state index contributed by atoms with van der Waals surface area (Å²) < 4.78 is 56.8. The summed E-state index contributed by atoms with van der Waals surface area (Å²) in [5.41, 5.74) is 2.82. The van der Waals surface area contributed by atoms with Gasteiger partial charge in [-0.2, -0.15) is 17.8 Å². The van der Waals surface area contributed by atoms with Crippen molar-refractivity contribution in [3.05, 3.63) is 47.5 Å². The maximum atomic E-state index is 13.9. The van der Waals surface area contributed by atoms with Gasteiger partial charge in [-0.1, -0.05) is 6.42 Å². The van der Waals surface area contributed by atoms with Gasteiger partial charge in [-0.15, -0.1) is 0 Å². The van der Waals surface area contributed by atoms with E-state index in [2.05, 4.69) is 14.5 Å². The van der Waals surface area contributed by atoms with Gasteiger partial charge in [-0.05, 0) is 68.9 Å². The second-order valence-electron chi connectivity index (χ2n) is 12.8. The molecule has 1 saturated carbocycles. The minimum Gasteiger partial charge on any atom is -0.381 e. The number of piperidine rings is 1. The number of amides is 1. The molecule has 12 nitrogen and oxygen atoms in total. The zero-order chi connectivity index (χ0) is 31.8. The number of carbonyl (C=O) groups is 1. The van der Waals surface area contributed by atoms with Crippen LogP contribution in [-0.2, 0) is 19.7 Å². The van der Waals surface area contributed by atoms with Gasteiger partial charge in [-0.25, -0.2) is 18.8 Å². The number of rotatable bonds is 8. The lowest BCUT2D eigenvalue weighted by molar-refractivity contribution is 0.0115. The van der Waals surface area contributed by atoms with Gasteiger partial charge in [0.15, 0.2) is 5.65 Å². The van der Waals surface area contributed by atoms with E-state index in [1.165, 1.54) is 23.5 Å². The Morgan fingerprint density at radius 2 is 1.63 bits per heavy atom. The SMILES string of the molecule is CN(C1CCOCC1)S(=O)(=O)NC(=O)c1cc(N2CCC(N3CCOCC3)CC2)c2c(C3CCC3)nn(-c3ccc(F)cc3)c2n1. The molecule has 248 valence electrons. The minimum absolute atomic E-state index is 0.00910. The van der Waals surface area contributed by atoms with Crippen molar-refractivity contribution >= 4 is 32.8 Å². The number of morpholine rings is 1. The number of ether oxygens (including phenoxy) is 2. The summed E-state index contributed by atoms with van der Waals surface area (Å²) in [6, 6.07) is 7.96. The molecule has 46 heavy (non-hydrogen) atoms. The van der Waals surface area contributed by atoms with Crippen molar-refractivity contribution in [2.24, 2.45) is 0 Å². The Morgan fingerprint density at radius 1 is 0.957 bits per heavy atom. The van der Waals surface area contributed by atoms with Gasteiger partial charge in [0.2, 0.25) is 0 Å². The number of pyridine rings is 1. The van der Waals surface area contributed by atoms with Crippen LogP contribution in [0, 0.1) is 5.82 Å². The molecule has 3 aromatic rings. The van der Waals surface area contributed by atoms with Gasteiger partial charge in [0.05, 0.1) is 35.7 Å². The van der Waals surface area contributed by atoms with Gasteiger partial charge in [0.1, 0.15) is 11.5 Å².